The first kappa shape index (κ1) is 25.8. The van der Waals surface area contributed by atoms with Gasteiger partial charge in [0, 0.05) is 29.4 Å². The number of hydrogen-bond donors (Lipinski definition) is 4. The molecule has 4 aromatic carbocycles. The molecule has 0 atom stereocenters. The van der Waals surface area contributed by atoms with Crippen molar-refractivity contribution in [2.75, 3.05) is 12.4 Å². The zero-order valence-electron chi connectivity index (χ0n) is 20.7. The molecule has 0 saturated carbocycles. The number of hydrogen-bond acceptors (Lipinski definition) is 5. The number of rotatable bonds is 8. The van der Waals surface area contributed by atoms with Gasteiger partial charge in [-0.25, -0.2) is 4.79 Å². The Morgan fingerprint density at radius 1 is 0.763 bits per heavy atom. The predicted octanol–water partition coefficient (Wildman–Crippen LogP) is 4.61. The first-order chi connectivity index (χ1) is 18.4. The molecule has 2 amide bonds. The van der Waals surface area contributed by atoms with E-state index in [1.54, 1.807) is 60.7 Å². The van der Waals surface area contributed by atoms with Crippen molar-refractivity contribution in [3.63, 3.8) is 0 Å². The Morgan fingerprint density at radius 3 is 2.08 bits per heavy atom. The molecule has 0 saturated heterocycles. The second kappa shape index (κ2) is 11.7. The molecule has 190 valence electrons. The van der Waals surface area contributed by atoms with Crippen LogP contribution in [0.4, 0.5) is 5.69 Å². The maximum absolute atomic E-state index is 13.3. The second-order valence-corrected chi connectivity index (χ2v) is 8.39. The Kier molecular flexibility index (Phi) is 7.93. The van der Waals surface area contributed by atoms with E-state index in [1.807, 2.05) is 30.3 Å². The molecule has 0 radical (unpaired) electrons. The van der Waals surface area contributed by atoms with Gasteiger partial charge in [-0.2, -0.15) is 0 Å². The summed E-state index contributed by atoms with van der Waals surface area (Å²) in [6, 6.07) is 27.4. The molecule has 4 aromatic rings. The minimum atomic E-state index is -0.621. The third-order valence-electron chi connectivity index (χ3n) is 5.86. The van der Waals surface area contributed by atoms with Gasteiger partial charge in [-0.15, -0.1) is 0 Å². The Hall–Kier alpha value is -5.24. The van der Waals surface area contributed by atoms with Gasteiger partial charge in [0.05, 0.1) is 5.56 Å². The molecule has 0 aliphatic carbocycles. The van der Waals surface area contributed by atoms with Crippen LogP contribution >= 0.6 is 0 Å². The summed E-state index contributed by atoms with van der Waals surface area (Å²) in [7, 11) is 1.51. The first-order valence-electron chi connectivity index (χ1n) is 11.8. The zero-order chi connectivity index (χ0) is 27.1. The van der Waals surface area contributed by atoms with Crippen LogP contribution in [0.5, 0.6) is 0 Å². The third kappa shape index (κ3) is 5.93. The maximum atomic E-state index is 13.3. The van der Waals surface area contributed by atoms with E-state index in [0.717, 1.165) is 5.56 Å². The summed E-state index contributed by atoms with van der Waals surface area (Å²) in [5, 5.41) is 12.9. The van der Waals surface area contributed by atoms with E-state index >= 15 is 0 Å². The Morgan fingerprint density at radius 2 is 1.39 bits per heavy atom. The highest BCUT2D eigenvalue weighted by Crippen LogP contribution is 2.30. The molecular formula is C30H26N4O4. The summed E-state index contributed by atoms with van der Waals surface area (Å²) < 4.78 is 5.57. The van der Waals surface area contributed by atoms with Gasteiger partial charge >= 0.3 is 5.97 Å². The fourth-order valence-electron chi connectivity index (χ4n) is 3.88. The standard InChI is InChI=1S/C30H26N4O4/c1-33-28(35)21-13-16-24(26(17-21)30(37)38-18-19-7-3-2-4-8-19)23-9-5-6-10-25(23)29(36)34-22-14-11-20(12-15-22)27(31)32/h2-17H,18H2,1H3,(H3,31,32)(H,33,35)(H,34,36). The van der Waals surface area contributed by atoms with Gasteiger partial charge in [0.25, 0.3) is 11.8 Å². The molecule has 8 heteroatoms. The number of carbonyl (C=O) groups excluding carboxylic acids is 3. The smallest absolute Gasteiger partial charge is 0.339 e. The van der Waals surface area contributed by atoms with E-state index in [1.165, 1.54) is 13.1 Å². The van der Waals surface area contributed by atoms with Crippen molar-refractivity contribution in [1.82, 2.24) is 5.32 Å². The van der Waals surface area contributed by atoms with Crippen molar-refractivity contribution >= 4 is 29.3 Å². The highest BCUT2D eigenvalue weighted by atomic mass is 16.5. The number of amides is 2. The molecule has 0 fully saturated rings. The molecule has 0 aliphatic heterocycles. The third-order valence-corrected chi connectivity index (χ3v) is 5.86. The number of carbonyl (C=O) groups is 3. The van der Waals surface area contributed by atoms with Crippen molar-refractivity contribution in [2.45, 2.75) is 6.61 Å². The topological polar surface area (TPSA) is 134 Å². The molecule has 8 nitrogen and oxygen atoms in total. The number of esters is 1. The van der Waals surface area contributed by atoms with Gasteiger partial charge in [0.1, 0.15) is 12.4 Å². The lowest BCUT2D eigenvalue weighted by molar-refractivity contribution is 0.0473. The lowest BCUT2D eigenvalue weighted by Gasteiger charge is -2.15. The fraction of sp³-hybridized carbons (Fsp3) is 0.0667. The minimum absolute atomic E-state index is 0.0572. The van der Waals surface area contributed by atoms with Crippen LogP contribution in [0.2, 0.25) is 0 Å². The number of ether oxygens (including phenoxy) is 1. The SMILES string of the molecule is CNC(=O)c1ccc(-c2ccccc2C(=O)Nc2ccc(C(=N)N)cc2)c(C(=O)OCc2ccccc2)c1. The first-order valence-corrected chi connectivity index (χ1v) is 11.8. The Labute approximate surface area is 220 Å². The van der Waals surface area contributed by atoms with Crippen molar-refractivity contribution in [3.8, 4) is 11.1 Å². The summed E-state index contributed by atoms with van der Waals surface area (Å²) in [4.78, 5) is 38.8. The monoisotopic (exact) mass is 506 g/mol. The van der Waals surface area contributed by atoms with Crippen LogP contribution in [0.1, 0.15) is 42.2 Å². The molecule has 0 spiro atoms. The minimum Gasteiger partial charge on any atom is -0.457 e. The molecule has 0 aliphatic rings. The fourth-order valence-corrected chi connectivity index (χ4v) is 3.88. The van der Waals surface area contributed by atoms with Crippen LogP contribution in [0.15, 0.2) is 97.1 Å². The van der Waals surface area contributed by atoms with Crippen molar-refractivity contribution in [3.05, 3.63) is 125 Å². The number of nitrogens with one attached hydrogen (secondary N) is 3. The average Bonchev–Trinajstić information content (AvgIpc) is 2.96. The highest BCUT2D eigenvalue weighted by molar-refractivity contribution is 6.11. The Balaban J connectivity index is 1.69. The molecule has 4 rings (SSSR count). The molecule has 0 heterocycles. The molecular weight excluding hydrogens is 480 g/mol. The number of anilines is 1. The number of amidine groups is 1. The highest BCUT2D eigenvalue weighted by Gasteiger charge is 2.21. The maximum Gasteiger partial charge on any atom is 0.339 e. The van der Waals surface area contributed by atoms with Gasteiger partial charge in [0.15, 0.2) is 0 Å². The molecule has 0 aromatic heterocycles. The van der Waals surface area contributed by atoms with Gasteiger partial charge in [0.2, 0.25) is 0 Å². The number of nitrogen functional groups attached to an aromatic ring is 1. The largest absolute Gasteiger partial charge is 0.457 e. The Bertz CT molecular complexity index is 1500. The van der Waals surface area contributed by atoms with Crippen LogP contribution in [-0.4, -0.2) is 30.7 Å². The summed E-state index contributed by atoms with van der Waals surface area (Å²) in [6.45, 7) is 0.0572. The van der Waals surface area contributed by atoms with E-state index in [0.29, 0.717) is 27.9 Å². The quantitative estimate of drug-likeness (QED) is 0.157. The van der Waals surface area contributed by atoms with Crippen LogP contribution < -0.4 is 16.4 Å². The number of nitrogens with two attached hydrogens (primary N) is 1. The van der Waals surface area contributed by atoms with Crippen LogP contribution in [0, 0.1) is 5.41 Å². The van der Waals surface area contributed by atoms with Gasteiger partial charge in [-0.05, 0) is 59.2 Å². The second-order valence-electron chi connectivity index (χ2n) is 8.39. The zero-order valence-corrected chi connectivity index (χ0v) is 20.7. The summed E-state index contributed by atoms with van der Waals surface area (Å²) in [5.74, 6) is -1.44. The van der Waals surface area contributed by atoms with Crippen molar-refractivity contribution in [1.29, 1.82) is 5.41 Å². The molecule has 5 N–H and O–H groups in total. The van der Waals surface area contributed by atoms with E-state index in [9.17, 15) is 14.4 Å². The normalized spacial score (nSPS) is 10.3. The van der Waals surface area contributed by atoms with E-state index in [-0.39, 0.29) is 29.5 Å². The average molecular weight is 507 g/mol. The van der Waals surface area contributed by atoms with E-state index < -0.39 is 11.9 Å². The molecule has 0 unspecified atom stereocenters. The predicted molar refractivity (Wildman–Crippen MR) is 146 cm³/mol. The van der Waals surface area contributed by atoms with Gasteiger partial charge in [-0.3, -0.25) is 15.0 Å². The van der Waals surface area contributed by atoms with Gasteiger partial charge in [-0.1, -0.05) is 54.6 Å². The van der Waals surface area contributed by atoms with Crippen LogP contribution in [-0.2, 0) is 11.3 Å². The molecule has 38 heavy (non-hydrogen) atoms. The van der Waals surface area contributed by atoms with Crippen molar-refractivity contribution in [2.24, 2.45) is 5.73 Å². The van der Waals surface area contributed by atoms with Crippen molar-refractivity contribution < 1.29 is 19.1 Å². The van der Waals surface area contributed by atoms with E-state index in [4.69, 9.17) is 15.9 Å². The van der Waals surface area contributed by atoms with Gasteiger partial charge < -0.3 is 21.1 Å². The van der Waals surface area contributed by atoms with Crippen LogP contribution in [0.3, 0.4) is 0 Å². The number of benzene rings is 4. The molecule has 0 bridgehead atoms. The van der Waals surface area contributed by atoms with Crippen LogP contribution in [0.25, 0.3) is 11.1 Å². The summed E-state index contributed by atoms with van der Waals surface area (Å²) in [6.07, 6.45) is 0. The van der Waals surface area contributed by atoms with E-state index in [2.05, 4.69) is 10.6 Å². The lowest BCUT2D eigenvalue weighted by Crippen LogP contribution is -2.19. The summed E-state index contributed by atoms with van der Waals surface area (Å²) >= 11 is 0. The summed E-state index contributed by atoms with van der Waals surface area (Å²) in [5.41, 5.74) is 9.11. The lowest BCUT2D eigenvalue weighted by atomic mass is 9.93.